The highest BCUT2D eigenvalue weighted by Gasteiger charge is 2.08. The van der Waals surface area contributed by atoms with Crippen LogP contribution in [0.1, 0.15) is 19.4 Å². The fourth-order valence-electron chi connectivity index (χ4n) is 1.36. The van der Waals surface area contributed by atoms with E-state index in [1.54, 1.807) is 0 Å². The van der Waals surface area contributed by atoms with Gasteiger partial charge < -0.3 is 11.1 Å². The molecule has 6 heteroatoms. The number of halogens is 1. The first-order chi connectivity index (χ1) is 8.40. The number of aliphatic imine (C=N–C) groups is 1. The molecule has 1 aromatic rings. The Balaban J connectivity index is 2.71. The third-order valence-corrected chi connectivity index (χ3v) is 2.76. The summed E-state index contributed by atoms with van der Waals surface area (Å²) in [4.78, 5) is 15.7. The minimum Gasteiger partial charge on any atom is -0.370 e. The van der Waals surface area contributed by atoms with Crippen LogP contribution in [-0.2, 0) is 0 Å². The lowest BCUT2D eigenvalue weighted by molar-refractivity contribution is 0.256. The maximum absolute atomic E-state index is 11.7. The van der Waals surface area contributed by atoms with Crippen molar-refractivity contribution in [1.82, 2.24) is 5.32 Å². The second-order valence-electron chi connectivity index (χ2n) is 4.12. The number of aryl methyl sites for hydroxylation is 1. The highest BCUT2D eigenvalue weighted by Crippen LogP contribution is 2.25. The standard InChI is InChI=1S/C12H17BrN4O/c1-7(2)15-11(14)17-12(18)16-10-8(3)5-4-6-9(10)13/h4-7H,1-3H3,(H4,14,15,16,17,18). The van der Waals surface area contributed by atoms with Crippen LogP contribution >= 0.6 is 15.9 Å². The molecule has 0 aliphatic carbocycles. The third kappa shape index (κ3) is 4.37. The molecule has 1 aromatic carbocycles. The van der Waals surface area contributed by atoms with Crippen molar-refractivity contribution >= 4 is 33.6 Å². The van der Waals surface area contributed by atoms with Crippen LogP contribution in [0.4, 0.5) is 10.5 Å². The first kappa shape index (κ1) is 14.5. The van der Waals surface area contributed by atoms with Gasteiger partial charge in [0.25, 0.3) is 0 Å². The average Bonchev–Trinajstić information content (AvgIpc) is 2.22. The molecule has 4 N–H and O–H groups in total. The van der Waals surface area contributed by atoms with E-state index in [0.29, 0.717) is 5.69 Å². The molecule has 1 rings (SSSR count). The highest BCUT2D eigenvalue weighted by molar-refractivity contribution is 9.10. The number of amides is 2. The van der Waals surface area contributed by atoms with Gasteiger partial charge in [-0.05, 0) is 48.3 Å². The number of carbonyl (C=O) groups excluding carboxylic acids is 1. The Labute approximate surface area is 115 Å². The average molecular weight is 313 g/mol. The largest absolute Gasteiger partial charge is 0.370 e. The van der Waals surface area contributed by atoms with Gasteiger partial charge in [0.1, 0.15) is 0 Å². The first-order valence-corrected chi connectivity index (χ1v) is 6.36. The maximum Gasteiger partial charge on any atom is 0.326 e. The molecule has 0 unspecified atom stereocenters. The van der Waals surface area contributed by atoms with E-state index in [4.69, 9.17) is 5.73 Å². The molecule has 0 aliphatic heterocycles. The zero-order valence-corrected chi connectivity index (χ0v) is 12.2. The van der Waals surface area contributed by atoms with Crippen LogP contribution in [0.3, 0.4) is 0 Å². The molecule has 18 heavy (non-hydrogen) atoms. The lowest BCUT2D eigenvalue weighted by Crippen LogP contribution is -2.40. The van der Waals surface area contributed by atoms with Gasteiger partial charge in [-0.15, -0.1) is 0 Å². The number of para-hydroxylation sites is 1. The summed E-state index contributed by atoms with van der Waals surface area (Å²) in [6, 6.07) is 5.29. The minimum absolute atomic E-state index is 0.0375. The Bertz CT molecular complexity index is 451. The summed E-state index contributed by atoms with van der Waals surface area (Å²) < 4.78 is 0.817. The number of urea groups is 1. The normalized spacial score (nSPS) is 11.5. The van der Waals surface area contributed by atoms with Crippen LogP contribution < -0.4 is 16.4 Å². The molecule has 0 saturated heterocycles. The molecular weight excluding hydrogens is 296 g/mol. The van der Waals surface area contributed by atoms with Crippen molar-refractivity contribution in [3.63, 3.8) is 0 Å². The lowest BCUT2D eigenvalue weighted by Gasteiger charge is -2.11. The SMILES string of the molecule is Cc1cccc(Br)c1NC(=O)NC(N)=NC(C)C. The van der Waals surface area contributed by atoms with E-state index in [9.17, 15) is 4.79 Å². The fourth-order valence-corrected chi connectivity index (χ4v) is 1.93. The number of benzene rings is 1. The van der Waals surface area contributed by atoms with Crippen LogP contribution in [0.25, 0.3) is 0 Å². The summed E-state index contributed by atoms with van der Waals surface area (Å²) in [6.45, 7) is 5.67. The van der Waals surface area contributed by atoms with E-state index < -0.39 is 6.03 Å². The van der Waals surface area contributed by atoms with Gasteiger partial charge in [0.2, 0.25) is 0 Å². The molecule has 0 saturated carbocycles. The number of rotatable bonds is 2. The van der Waals surface area contributed by atoms with Gasteiger partial charge in [0.05, 0.1) is 5.69 Å². The molecule has 0 bridgehead atoms. The van der Waals surface area contributed by atoms with Crippen LogP contribution in [0, 0.1) is 6.92 Å². The van der Waals surface area contributed by atoms with E-state index in [2.05, 4.69) is 31.6 Å². The molecule has 0 fully saturated rings. The maximum atomic E-state index is 11.7. The molecule has 0 atom stereocenters. The van der Waals surface area contributed by atoms with Gasteiger partial charge in [-0.2, -0.15) is 0 Å². The summed E-state index contributed by atoms with van der Waals surface area (Å²) in [5.74, 6) is 0.104. The van der Waals surface area contributed by atoms with Crippen molar-refractivity contribution in [3.8, 4) is 0 Å². The number of anilines is 1. The molecule has 0 heterocycles. The molecular formula is C12H17BrN4O. The Morgan fingerprint density at radius 3 is 2.67 bits per heavy atom. The molecule has 98 valence electrons. The number of nitrogens with two attached hydrogens (primary N) is 1. The van der Waals surface area contributed by atoms with Crippen LogP contribution in [0.2, 0.25) is 0 Å². The van der Waals surface area contributed by atoms with Crippen molar-refractivity contribution in [1.29, 1.82) is 0 Å². The smallest absolute Gasteiger partial charge is 0.326 e. The number of nitrogens with zero attached hydrogens (tertiary/aromatic N) is 1. The van der Waals surface area contributed by atoms with Crippen LogP contribution in [0.5, 0.6) is 0 Å². The summed E-state index contributed by atoms with van der Waals surface area (Å²) >= 11 is 3.38. The summed E-state index contributed by atoms with van der Waals surface area (Å²) in [7, 11) is 0. The quantitative estimate of drug-likeness (QED) is 0.579. The fraction of sp³-hybridized carbons (Fsp3) is 0.333. The zero-order chi connectivity index (χ0) is 13.7. The molecule has 0 radical (unpaired) electrons. The van der Waals surface area contributed by atoms with Gasteiger partial charge in [-0.3, -0.25) is 10.3 Å². The predicted molar refractivity (Wildman–Crippen MR) is 77.8 cm³/mol. The number of nitrogens with one attached hydrogen (secondary N) is 2. The number of hydrogen-bond acceptors (Lipinski definition) is 2. The summed E-state index contributed by atoms with van der Waals surface area (Å²) in [6.07, 6.45) is 0. The van der Waals surface area contributed by atoms with Gasteiger partial charge >= 0.3 is 6.03 Å². The van der Waals surface area contributed by atoms with E-state index in [-0.39, 0.29) is 12.0 Å². The Morgan fingerprint density at radius 2 is 2.11 bits per heavy atom. The molecule has 2 amide bonds. The van der Waals surface area contributed by atoms with Gasteiger partial charge in [0, 0.05) is 10.5 Å². The topological polar surface area (TPSA) is 79.5 Å². The first-order valence-electron chi connectivity index (χ1n) is 5.56. The van der Waals surface area contributed by atoms with Crippen molar-refractivity contribution in [2.24, 2.45) is 10.7 Å². The summed E-state index contributed by atoms with van der Waals surface area (Å²) in [5, 5.41) is 5.20. The van der Waals surface area contributed by atoms with E-state index in [1.807, 2.05) is 39.0 Å². The van der Waals surface area contributed by atoms with Gasteiger partial charge in [-0.1, -0.05) is 12.1 Å². The van der Waals surface area contributed by atoms with Crippen LogP contribution in [-0.4, -0.2) is 18.0 Å². The number of carbonyl (C=O) groups is 1. The Kier molecular flexibility index (Phi) is 5.15. The van der Waals surface area contributed by atoms with E-state index in [1.165, 1.54) is 0 Å². The molecule has 0 spiro atoms. The Hall–Kier alpha value is -1.56. The van der Waals surface area contributed by atoms with E-state index in [0.717, 1.165) is 10.0 Å². The van der Waals surface area contributed by atoms with Crippen molar-refractivity contribution in [2.75, 3.05) is 5.32 Å². The van der Waals surface area contributed by atoms with E-state index >= 15 is 0 Å². The van der Waals surface area contributed by atoms with Gasteiger partial charge in [-0.25, -0.2) is 4.79 Å². The monoisotopic (exact) mass is 312 g/mol. The highest BCUT2D eigenvalue weighted by atomic mass is 79.9. The minimum atomic E-state index is -0.410. The van der Waals surface area contributed by atoms with Crippen molar-refractivity contribution < 1.29 is 4.79 Å². The van der Waals surface area contributed by atoms with Crippen LogP contribution in [0.15, 0.2) is 27.7 Å². The van der Waals surface area contributed by atoms with Gasteiger partial charge in [0.15, 0.2) is 5.96 Å². The second-order valence-corrected chi connectivity index (χ2v) is 4.97. The second kappa shape index (κ2) is 6.39. The third-order valence-electron chi connectivity index (χ3n) is 2.10. The zero-order valence-electron chi connectivity index (χ0n) is 10.6. The predicted octanol–water partition coefficient (Wildman–Crippen LogP) is 2.60. The van der Waals surface area contributed by atoms with Crippen molar-refractivity contribution in [3.05, 3.63) is 28.2 Å². The Morgan fingerprint density at radius 1 is 1.44 bits per heavy atom. The molecule has 0 aliphatic rings. The number of hydrogen-bond donors (Lipinski definition) is 3. The summed E-state index contributed by atoms with van der Waals surface area (Å²) in [5.41, 5.74) is 7.24. The molecule has 5 nitrogen and oxygen atoms in total. The lowest BCUT2D eigenvalue weighted by atomic mass is 10.2. The molecule has 0 aromatic heterocycles. The number of guanidine groups is 1. The van der Waals surface area contributed by atoms with Crippen molar-refractivity contribution in [2.45, 2.75) is 26.8 Å².